The van der Waals surface area contributed by atoms with E-state index in [-0.39, 0.29) is 12.2 Å². The monoisotopic (exact) mass is 555 g/mol. The van der Waals surface area contributed by atoms with Gasteiger partial charge in [0, 0.05) is 24.4 Å². The zero-order chi connectivity index (χ0) is 27.5. The van der Waals surface area contributed by atoms with Gasteiger partial charge in [-0.3, -0.25) is 14.7 Å². The van der Waals surface area contributed by atoms with E-state index in [1.165, 1.54) is 24.3 Å². The van der Waals surface area contributed by atoms with Crippen LogP contribution in [0.25, 0.3) is 0 Å². The fourth-order valence-corrected chi connectivity index (χ4v) is 3.98. The number of hydrogen-bond donors (Lipinski definition) is 8. The second-order valence-electron chi connectivity index (χ2n) is 8.06. The predicted molar refractivity (Wildman–Crippen MR) is 116 cm³/mol. The molecule has 0 spiro atoms. The molecule has 0 aliphatic carbocycles. The van der Waals surface area contributed by atoms with E-state index in [0.717, 1.165) is 0 Å². The number of carboxylic acids is 1. The Morgan fingerprint density at radius 3 is 2.24 bits per heavy atom. The molecule has 0 unspecified atom stereocenters. The molecule has 0 aromatic heterocycles. The van der Waals surface area contributed by atoms with E-state index < -0.39 is 83.0 Å². The highest BCUT2D eigenvalue weighted by Gasteiger charge is 2.52. The SMILES string of the molecule is O=C(O)[C@@H]1O[C@@H](O[C@H]2[C@H](O)[C@@H](CNNc3ccc([N+](=O)[O-])cc3)O[C@@H]2COS(=O)(=O)O)[C@H](O)[C@@H](O)[C@@H]1O. The predicted octanol–water partition coefficient (Wildman–Crippen LogP) is -3.26. The number of rotatable bonds is 11. The summed E-state index contributed by atoms with van der Waals surface area (Å²) in [6.45, 7) is -1.04. The number of nitro groups is 1. The van der Waals surface area contributed by atoms with Gasteiger partial charge in [-0.05, 0) is 12.1 Å². The third-order valence-electron chi connectivity index (χ3n) is 5.53. The summed E-state index contributed by atoms with van der Waals surface area (Å²) < 4.78 is 51.2. The number of ether oxygens (including phenoxy) is 3. The first-order valence-electron chi connectivity index (χ1n) is 10.5. The van der Waals surface area contributed by atoms with Crippen LogP contribution in [-0.4, -0.2) is 118 Å². The fourth-order valence-electron chi connectivity index (χ4n) is 3.68. The lowest BCUT2D eigenvalue weighted by Gasteiger charge is -2.40. The minimum atomic E-state index is -4.94. The van der Waals surface area contributed by atoms with Gasteiger partial charge in [0.25, 0.3) is 5.69 Å². The van der Waals surface area contributed by atoms with Crippen molar-refractivity contribution in [2.24, 2.45) is 0 Å². The molecule has 37 heavy (non-hydrogen) atoms. The molecule has 0 radical (unpaired) electrons. The average Bonchev–Trinajstić information content (AvgIpc) is 3.12. The minimum Gasteiger partial charge on any atom is -0.479 e. The average molecular weight is 555 g/mol. The van der Waals surface area contributed by atoms with Crippen LogP contribution in [0.1, 0.15) is 0 Å². The van der Waals surface area contributed by atoms with Gasteiger partial charge in [-0.25, -0.2) is 14.4 Å². The topological polar surface area (TPSA) is 277 Å². The van der Waals surface area contributed by atoms with Crippen LogP contribution in [0, 0.1) is 10.1 Å². The number of anilines is 1. The molecular formula is C18H25N3O15S. The van der Waals surface area contributed by atoms with Crippen LogP contribution in [-0.2, 0) is 33.6 Å². The molecule has 2 aliphatic heterocycles. The first-order valence-corrected chi connectivity index (χ1v) is 11.9. The van der Waals surface area contributed by atoms with Gasteiger partial charge >= 0.3 is 16.4 Å². The maximum Gasteiger partial charge on any atom is 0.397 e. The number of carbonyl (C=O) groups is 1. The summed E-state index contributed by atoms with van der Waals surface area (Å²) in [5.41, 5.74) is 5.65. The molecule has 1 aromatic carbocycles. The maximum absolute atomic E-state index is 11.3. The third kappa shape index (κ3) is 7.27. The third-order valence-corrected chi connectivity index (χ3v) is 5.97. The molecule has 1 aromatic rings. The van der Waals surface area contributed by atoms with E-state index in [1.54, 1.807) is 0 Å². The van der Waals surface area contributed by atoms with Crippen molar-refractivity contribution >= 4 is 27.7 Å². The van der Waals surface area contributed by atoms with Crippen molar-refractivity contribution in [1.82, 2.24) is 5.43 Å². The first kappa shape index (κ1) is 29.0. The number of non-ortho nitro benzene ring substituents is 1. The van der Waals surface area contributed by atoms with Gasteiger partial charge in [0.2, 0.25) is 0 Å². The molecule has 0 bridgehead atoms. The van der Waals surface area contributed by atoms with Crippen LogP contribution in [0.2, 0.25) is 0 Å². The van der Waals surface area contributed by atoms with Crippen LogP contribution in [0.3, 0.4) is 0 Å². The molecule has 2 fully saturated rings. The Bertz CT molecular complexity index is 1060. The molecule has 19 heteroatoms. The van der Waals surface area contributed by atoms with Crippen LogP contribution in [0.4, 0.5) is 11.4 Å². The summed E-state index contributed by atoms with van der Waals surface area (Å²) >= 11 is 0. The van der Waals surface area contributed by atoms with E-state index >= 15 is 0 Å². The van der Waals surface area contributed by atoms with Crippen LogP contribution in [0.5, 0.6) is 0 Å². The van der Waals surface area contributed by atoms with Crippen molar-refractivity contribution in [3.63, 3.8) is 0 Å². The lowest BCUT2D eigenvalue weighted by molar-refractivity contribution is -0.384. The number of carboxylic acid groups (broad SMARTS) is 1. The molecule has 18 nitrogen and oxygen atoms in total. The number of nitrogens with zero attached hydrogens (tertiary/aromatic N) is 1. The molecule has 2 saturated heterocycles. The van der Waals surface area contributed by atoms with Gasteiger partial charge in [-0.2, -0.15) is 8.42 Å². The molecule has 0 saturated carbocycles. The second-order valence-corrected chi connectivity index (χ2v) is 9.15. The number of benzene rings is 1. The van der Waals surface area contributed by atoms with Crippen molar-refractivity contribution in [2.45, 2.75) is 55.1 Å². The fraction of sp³-hybridized carbons (Fsp3) is 0.611. The second kappa shape index (κ2) is 11.9. The molecular weight excluding hydrogens is 530 g/mol. The quantitative estimate of drug-likeness (QED) is 0.0755. The van der Waals surface area contributed by atoms with Gasteiger partial charge in [-0.1, -0.05) is 0 Å². The van der Waals surface area contributed by atoms with Crippen molar-refractivity contribution < 1.29 is 66.6 Å². The van der Waals surface area contributed by atoms with Crippen molar-refractivity contribution in [2.75, 3.05) is 18.6 Å². The lowest BCUT2D eigenvalue weighted by atomic mass is 9.98. The lowest BCUT2D eigenvalue weighted by Crippen LogP contribution is -2.61. The zero-order valence-corrected chi connectivity index (χ0v) is 19.4. The molecule has 0 amide bonds. The van der Waals surface area contributed by atoms with Gasteiger partial charge < -0.3 is 45.2 Å². The number of nitrogens with one attached hydrogen (secondary N) is 2. The van der Waals surface area contributed by atoms with Gasteiger partial charge in [-0.15, -0.1) is 0 Å². The van der Waals surface area contributed by atoms with E-state index in [9.17, 15) is 48.9 Å². The smallest absolute Gasteiger partial charge is 0.397 e. The number of nitro benzene ring substituents is 1. The Morgan fingerprint density at radius 2 is 1.68 bits per heavy atom. The molecule has 2 aliphatic rings. The van der Waals surface area contributed by atoms with E-state index in [1.807, 2.05) is 0 Å². The van der Waals surface area contributed by atoms with E-state index in [2.05, 4.69) is 15.0 Å². The Morgan fingerprint density at radius 1 is 1.03 bits per heavy atom. The van der Waals surface area contributed by atoms with E-state index in [0.29, 0.717) is 5.69 Å². The number of aliphatic carboxylic acids is 1. The number of aliphatic hydroxyl groups excluding tert-OH is 4. The number of hydrazine groups is 1. The number of aliphatic hydroxyl groups is 4. The van der Waals surface area contributed by atoms with Crippen molar-refractivity contribution in [1.29, 1.82) is 0 Å². The standard InChI is InChI=1S/C18H25N3O15S/c22-11-9(5-19-20-7-1-3-8(4-2-7)21(28)29)34-10(6-33-37(30,31)32)15(11)35-18-14(25)12(23)13(24)16(36-18)17(26)27/h1-4,9-16,18-20,22-25H,5-6H2,(H,26,27)(H,30,31,32)/t9-,10-,11-,12+,13+,14-,15-,16-,18-/m1/s1. The Hall–Kier alpha value is -2.56. The summed E-state index contributed by atoms with van der Waals surface area (Å²) in [7, 11) is -4.94. The molecule has 8 N–H and O–H groups in total. The van der Waals surface area contributed by atoms with Crippen molar-refractivity contribution in [3.05, 3.63) is 34.4 Å². The Balaban J connectivity index is 1.68. The normalized spacial score (nSPS) is 34.2. The van der Waals surface area contributed by atoms with Crippen LogP contribution < -0.4 is 10.9 Å². The zero-order valence-electron chi connectivity index (χ0n) is 18.6. The first-order chi connectivity index (χ1) is 17.3. The minimum absolute atomic E-state index is 0.142. The maximum atomic E-state index is 11.3. The molecule has 208 valence electrons. The van der Waals surface area contributed by atoms with E-state index in [4.69, 9.17) is 18.8 Å². The largest absolute Gasteiger partial charge is 0.479 e. The Labute approximate surface area is 208 Å². The number of hydrogen-bond acceptors (Lipinski definition) is 15. The molecule has 2 heterocycles. The summed E-state index contributed by atoms with van der Waals surface area (Å²) in [5.74, 6) is -1.68. The highest BCUT2D eigenvalue weighted by Crippen LogP contribution is 2.30. The van der Waals surface area contributed by atoms with Crippen LogP contribution >= 0.6 is 0 Å². The summed E-state index contributed by atoms with van der Waals surface area (Å²) in [6.07, 6.45) is -15.5. The van der Waals surface area contributed by atoms with Gasteiger partial charge in [0.1, 0.15) is 42.7 Å². The van der Waals surface area contributed by atoms with Gasteiger partial charge in [0.15, 0.2) is 12.4 Å². The highest BCUT2D eigenvalue weighted by atomic mass is 32.3. The Kier molecular flexibility index (Phi) is 9.31. The van der Waals surface area contributed by atoms with Gasteiger partial charge in [0.05, 0.1) is 11.5 Å². The summed E-state index contributed by atoms with van der Waals surface area (Å²) in [5, 5.41) is 60.6. The van der Waals surface area contributed by atoms with Crippen LogP contribution in [0.15, 0.2) is 24.3 Å². The summed E-state index contributed by atoms with van der Waals surface area (Å²) in [4.78, 5) is 21.5. The molecule has 3 rings (SSSR count). The van der Waals surface area contributed by atoms with Crippen molar-refractivity contribution in [3.8, 4) is 0 Å². The molecule has 9 atom stereocenters. The highest BCUT2D eigenvalue weighted by molar-refractivity contribution is 7.80. The summed E-state index contributed by atoms with van der Waals surface area (Å²) in [6, 6.07) is 5.27.